The summed E-state index contributed by atoms with van der Waals surface area (Å²) in [4.78, 5) is 23.7. The predicted molar refractivity (Wildman–Crippen MR) is 102 cm³/mol. The van der Waals surface area contributed by atoms with E-state index in [0.717, 1.165) is 38.5 Å². The molecule has 0 aliphatic carbocycles. The van der Waals surface area contributed by atoms with Crippen molar-refractivity contribution in [1.82, 2.24) is 0 Å². The minimum Gasteiger partial charge on any atom is -0.425 e. The molecule has 0 amide bonds. The molecule has 0 spiro atoms. The highest BCUT2D eigenvalue weighted by Gasteiger charge is 2.16. The fourth-order valence-corrected chi connectivity index (χ4v) is 2.60. The summed E-state index contributed by atoms with van der Waals surface area (Å²) in [5.74, 6) is 0.893. The van der Waals surface area contributed by atoms with Gasteiger partial charge in [-0.05, 0) is 24.7 Å². The lowest BCUT2D eigenvalue weighted by Crippen LogP contribution is -2.23. The minimum atomic E-state index is -0.730. The van der Waals surface area contributed by atoms with Crippen LogP contribution in [-0.2, 0) is 19.1 Å². The van der Waals surface area contributed by atoms with Gasteiger partial charge in [-0.25, -0.2) is 0 Å². The van der Waals surface area contributed by atoms with Crippen molar-refractivity contribution in [3.8, 4) is 0 Å². The van der Waals surface area contributed by atoms with E-state index in [1.54, 1.807) is 0 Å². The molecule has 148 valence electrons. The van der Waals surface area contributed by atoms with Gasteiger partial charge in [-0.1, -0.05) is 73.1 Å². The van der Waals surface area contributed by atoms with Crippen LogP contribution in [0.25, 0.3) is 0 Å². The van der Waals surface area contributed by atoms with Gasteiger partial charge in [0.1, 0.15) is 0 Å². The van der Waals surface area contributed by atoms with Crippen LogP contribution >= 0.6 is 0 Å². The second-order valence-electron chi connectivity index (χ2n) is 7.80. The highest BCUT2D eigenvalue weighted by atomic mass is 16.7. The molecule has 0 aromatic carbocycles. The molecule has 0 aliphatic rings. The van der Waals surface area contributed by atoms with Gasteiger partial charge in [-0.2, -0.15) is 0 Å². The Balaban J connectivity index is 3.80. The van der Waals surface area contributed by atoms with Crippen molar-refractivity contribution in [3.05, 3.63) is 0 Å². The minimum absolute atomic E-state index is 0.263. The highest BCUT2D eigenvalue weighted by Crippen LogP contribution is 2.13. The summed E-state index contributed by atoms with van der Waals surface area (Å²) in [5, 5.41) is 0. The summed E-state index contributed by atoms with van der Waals surface area (Å²) in [6, 6.07) is 0. The van der Waals surface area contributed by atoms with Crippen molar-refractivity contribution in [2.24, 2.45) is 11.8 Å². The maximum atomic E-state index is 11.8. The van der Waals surface area contributed by atoms with Gasteiger partial charge < -0.3 is 9.47 Å². The molecular weight excluding hydrogens is 316 g/mol. The zero-order valence-corrected chi connectivity index (χ0v) is 17.1. The van der Waals surface area contributed by atoms with Crippen molar-refractivity contribution in [3.63, 3.8) is 0 Å². The van der Waals surface area contributed by atoms with Gasteiger partial charge >= 0.3 is 11.9 Å². The third-order valence-electron chi connectivity index (χ3n) is 4.18. The maximum Gasteiger partial charge on any atom is 0.308 e. The van der Waals surface area contributed by atoms with Crippen molar-refractivity contribution in [2.75, 3.05) is 0 Å². The number of hydrogen-bond donors (Lipinski definition) is 0. The van der Waals surface area contributed by atoms with Gasteiger partial charge in [0, 0.05) is 19.3 Å². The zero-order chi connectivity index (χ0) is 19.1. The molecule has 0 bridgehead atoms. The highest BCUT2D eigenvalue weighted by molar-refractivity contribution is 5.71. The van der Waals surface area contributed by atoms with E-state index in [2.05, 4.69) is 27.7 Å². The van der Waals surface area contributed by atoms with Crippen LogP contribution in [0.4, 0.5) is 0 Å². The molecule has 4 heteroatoms. The fourth-order valence-electron chi connectivity index (χ4n) is 2.60. The van der Waals surface area contributed by atoms with E-state index in [9.17, 15) is 9.59 Å². The first-order valence-corrected chi connectivity index (χ1v) is 10.2. The normalized spacial score (nSPS) is 11.4. The van der Waals surface area contributed by atoms with Gasteiger partial charge in [0.05, 0.1) is 0 Å². The fraction of sp³-hybridized carbons (Fsp3) is 0.905. The molecule has 0 heterocycles. The molecule has 0 saturated carbocycles. The van der Waals surface area contributed by atoms with Crippen LogP contribution < -0.4 is 0 Å². The summed E-state index contributed by atoms with van der Waals surface area (Å²) >= 11 is 0. The number of carbonyl (C=O) groups excluding carboxylic acids is 2. The Hall–Kier alpha value is -1.06. The van der Waals surface area contributed by atoms with Crippen LogP contribution in [0.5, 0.6) is 0 Å². The summed E-state index contributed by atoms with van der Waals surface area (Å²) in [6.07, 6.45) is 9.02. The molecule has 0 aromatic heterocycles. The first-order chi connectivity index (χ1) is 11.8. The molecule has 0 unspecified atom stereocenters. The lowest BCUT2D eigenvalue weighted by atomic mass is 10.0. The SMILES string of the molecule is CCC(OC(=O)CCCCCC(C)C)OC(=O)CCCCCC(C)C. The standard InChI is InChI=1S/C21H40O4/c1-6-21(24-19(22)15-11-7-9-13-17(2)3)25-20(23)16-12-8-10-14-18(4)5/h17-18,21H,6-16H2,1-5H3. The second kappa shape index (κ2) is 15.2. The smallest absolute Gasteiger partial charge is 0.308 e. The summed E-state index contributed by atoms with van der Waals surface area (Å²) in [6.45, 7) is 10.7. The van der Waals surface area contributed by atoms with Crippen LogP contribution in [0.2, 0.25) is 0 Å². The number of carbonyl (C=O) groups is 2. The molecule has 25 heavy (non-hydrogen) atoms. The summed E-state index contributed by atoms with van der Waals surface area (Å²) in [7, 11) is 0. The van der Waals surface area contributed by atoms with E-state index >= 15 is 0 Å². The van der Waals surface area contributed by atoms with Crippen LogP contribution in [-0.4, -0.2) is 18.2 Å². The van der Waals surface area contributed by atoms with E-state index in [0.29, 0.717) is 31.1 Å². The number of ether oxygens (including phenoxy) is 2. The third kappa shape index (κ3) is 16.2. The third-order valence-corrected chi connectivity index (χ3v) is 4.18. The second-order valence-corrected chi connectivity index (χ2v) is 7.80. The van der Waals surface area contributed by atoms with E-state index < -0.39 is 6.29 Å². The van der Waals surface area contributed by atoms with Gasteiger partial charge in [0.15, 0.2) is 0 Å². The Bertz CT molecular complexity index is 318. The molecule has 0 saturated heterocycles. The van der Waals surface area contributed by atoms with E-state index in [-0.39, 0.29) is 11.9 Å². The first kappa shape index (κ1) is 23.9. The summed E-state index contributed by atoms with van der Waals surface area (Å²) < 4.78 is 10.5. The molecule has 4 nitrogen and oxygen atoms in total. The Morgan fingerprint density at radius 1 is 0.680 bits per heavy atom. The number of esters is 2. The first-order valence-electron chi connectivity index (χ1n) is 10.2. The monoisotopic (exact) mass is 356 g/mol. The Morgan fingerprint density at radius 3 is 1.40 bits per heavy atom. The average molecular weight is 357 g/mol. The molecular formula is C21H40O4. The lowest BCUT2D eigenvalue weighted by molar-refractivity contribution is -0.188. The van der Waals surface area contributed by atoms with Crippen molar-refractivity contribution >= 4 is 11.9 Å². The molecule has 0 atom stereocenters. The Morgan fingerprint density at radius 2 is 1.08 bits per heavy atom. The number of unbranched alkanes of at least 4 members (excludes halogenated alkanes) is 4. The van der Waals surface area contributed by atoms with Gasteiger partial charge in [-0.3, -0.25) is 9.59 Å². The zero-order valence-electron chi connectivity index (χ0n) is 17.1. The van der Waals surface area contributed by atoms with Crippen molar-refractivity contribution in [2.45, 2.75) is 112 Å². The maximum absolute atomic E-state index is 11.8. The van der Waals surface area contributed by atoms with Crippen LogP contribution in [0.1, 0.15) is 105 Å². The number of hydrogen-bond acceptors (Lipinski definition) is 4. The predicted octanol–water partition coefficient (Wildman–Crippen LogP) is 6.02. The van der Waals surface area contributed by atoms with Gasteiger partial charge in [-0.15, -0.1) is 0 Å². The van der Waals surface area contributed by atoms with Gasteiger partial charge in [0.2, 0.25) is 6.29 Å². The molecule has 0 fully saturated rings. The Kier molecular flexibility index (Phi) is 14.6. The molecule has 0 aliphatic heterocycles. The van der Waals surface area contributed by atoms with Crippen LogP contribution in [0.15, 0.2) is 0 Å². The topological polar surface area (TPSA) is 52.6 Å². The molecule has 0 aromatic rings. The molecule has 0 N–H and O–H groups in total. The number of rotatable bonds is 15. The van der Waals surface area contributed by atoms with E-state index in [1.165, 1.54) is 12.8 Å². The van der Waals surface area contributed by atoms with Crippen LogP contribution in [0, 0.1) is 11.8 Å². The van der Waals surface area contributed by atoms with Crippen LogP contribution in [0.3, 0.4) is 0 Å². The lowest BCUT2D eigenvalue weighted by Gasteiger charge is -2.17. The molecule has 0 rings (SSSR count). The largest absolute Gasteiger partial charge is 0.425 e. The quantitative estimate of drug-likeness (QED) is 0.204. The van der Waals surface area contributed by atoms with E-state index in [4.69, 9.17) is 9.47 Å². The Labute approximate surface area is 155 Å². The summed E-state index contributed by atoms with van der Waals surface area (Å²) in [5.41, 5.74) is 0. The van der Waals surface area contributed by atoms with Crippen molar-refractivity contribution in [1.29, 1.82) is 0 Å². The molecule has 0 radical (unpaired) electrons. The average Bonchev–Trinajstić information content (AvgIpc) is 2.52. The van der Waals surface area contributed by atoms with Gasteiger partial charge in [0.25, 0.3) is 0 Å². The van der Waals surface area contributed by atoms with Crippen molar-refractivity contribution < 1.29 is 19.1 Å². The van der Waals surface area contributed by atoms with E-state index in [1.807, 2.05) is 6.92 Å².